The van der Waals surface area contributed by atoms with Gasteiger partial charge in [-0.3, -0.25) is 0 Å². The summed E-state index contributed by atoms with van der Waals surface area (Å²) in [7, 11) is 0. The number of hydrogen-bond acceptors (Lipinski definition) is 0. The Balaban J connectivity index is 2.99. The SMILES string of the molecule is Cc1ccc([NH+]=C(N)[NH+]=C(N)N)cc1Cl. The average molecular weight is 228 g/mol. The first kappa shape index (κ1) is 11.3. The Kier molecular flexibility index (Phi) is 3.51. The Labute approximate surface area is 92.6 Å². The zero-order valence-electron chi connectivity index (χ0n) is 8.34. The number of rotatable bonds is 1. The van der Waals surface area contributed by atoms with Crippen LogP contribution in [0.25, 0.3) is 0 Å². The molecule has 0 atom stereocenters. The first-order chi connectivity index (χ1) is 6.99. The number of aryl methyl sites for hydroxylation is 1. The fraction of sp³-hybridized carbons (Fsp3) is 0.111. The molecule has 15 heavy (non-hydrogen) atoms. The lowest BCUT2D eigenvalue weighted by Gasteiger charge is -1.95. The molecule has 1 rings (SSSR count). The second kappa shape index (κ2) is 4.65. The van der Waals surface area contributed by atoms with E-state index in [-0.39, 0.29) is 11.9 Å². The number of benzene rings is 1. The first-order valence-corrected chi connectivity index (χ1v) is 4.67. The van der Waals surface area contributed by atoms with Crippen molar-refractivity contribution >= 4 is 29.2 Å². The van der Waals surface area contributed by atoms with Crippen LogP contribution in [0.1, 0.15) is 5.56 Å². The highest BCUT2D eigenvalue weighted by atomic mass is 35.5. The van der Waals surface area contributed by atoms with Crippen LogP contribution < -0.4 is 27.2 Å². The van der Waals surface area contributed by atoms with Gasteiger partial charge in [-0.25, -0.2) is 5.73 Å². The molecule has 1 aromatic rings. The Morgan fingerprint density at radius 3 is 2.47 bits per heavy atom. The summed E-state index contributed by atoms with van der Waals surface area (Å²) < 4.78 is 0. The van der Waals surface area contributed by atoms with Gasteiger partial charge in [0.1, 0.15) is 0 Å². The van der Waals surface area contributed by atoms with Crippen LogP contribution in [0.3, 0.4) is 0 Å². The third-order valence-corrected chi connectivity index (χ3v) is 2.14. The van der Waals surface area contributed by atoms with Crippen LogP contribution in [-0.2, 0) is 0 Å². The van der Waals surface area contributed by atoms with E-state index in [9.17, 15) is 0 Å². The van der Waals surface area contributed by atoms with Crippen LogP contribution in [0, 0.1) is 6.92 Å². The van der Waals surface area contributed by atoms with Crippen molar-refractivity contribution in [3.05, 3.63) is 28.8 Å². The lowest BCUT2D eigenvalue weighted by molar-refractivity contribution is -0.459. The molecule has 6 heteroatoms. The minimum Gasteiger partial charge on any atom is -0.345 e. The van der Waals surface area contributed by atoms with Crippen LogP contribution in [0.4, 0.5) is 5.69 Å². The van der Waals surface area contributed by atoms with Gasteiger partial charge in [0.25, 0.3) is 5.96 Å². The van der Waals surface area contributed by atoms with Crippen LogP contribution >= 0.6 is 11.6 Å². The van der Waals surface area contributed by atoms with Crippen molar-refractivity contribution < 1.29 is 9.98 Å². The Morgan fingerprint density at radius 2 is 1.93 bits per heavy atom. The van der Waals surface area contributed by atoms with Crippen LogP contribution in [0.2, 0.25) is 5.02 Å². The van der Waals surface area contributed by atoms with Crippen molar-refractivity contribution in [3.8, 4) is 0 Å². The molecule has 8 N–H and O–H groups in total. The molecule has 0 heterocycles. The van der Waals surface area contributed by atoms with Gasteiger partial charge in [-0.2, -0.15) is 4.99 Å². The van der Waals surface area contributed by atoms with Gasteiger partial charge >= 0.3 is 5.96 Å². The maximum atomic E-state index is 5.94. The summed E-state index contributed by atoms with van der Waals surface area (Å²) in [6, 6.07) is 5.49. The highest BCUT2D eigenvalue weighted by Gasteiger charge is 2.05. The fourth-order valence-corrected chi connectivity index (χ4v) is 1.19. The van der Waals surface area contributed by atoms with Gasteiger partial charge < -0.3 is 11.5 Å². The Morgan fingerprint density at radius 1 is 1.27 bits per heavy atom. The second-order valence-corrected chi connectivity index (χ2v) is 3.49. The standard InChI is InChI=1S/C9H12ClN5/c1-5-2-3-6(4-7(5)10)14-9(13)15-8(11)12/h2-4H,1H3,(H6,11,12,13,14,15)/p+2. The van der Waals surface area contributed by atoms with Gasteiger partial charge in [0.15, 0.2) is 5.69 Å². The van der Waals surface area contributed by atoms with Gasteiger partial charge in [0, 0.05) is 11.1 Å². The molecule has 1 aromatic carbocycles. The molecule has 0 aliphatic carbocycles. The lowest BCUT2D eigenvalue weighted by atomic mass is 10.2. The van der Waals surface area contributed by atoms with Gasteiger partial charge in [-0.15, -0.1) is 4.99 Å². The molecule has 0 aromatic heterocycles. The largest absolute Gasteiger partial charge is 0.522 e. The monoisotopic (exact) mass is 227 g/mol. The first-order valence-electron chi connectivity index (χ1n) is 4.29. The smallest absolute Gasteiger partial charge is 0.345 e. The molecule has 0 amide bonds. The number of halogens is 1. The molecule has 0 saturated heterocycles. The predicted molar refractivity (Wildman–Crippen MR) is 60.4 cm³/mol. The minimum atomic E-state index is 0.0261. The van der Waals surface area contributed by atoms with Crippen LogP contribution in [0.5, 0.6) is 0 Å². The molecule has 0 aliphatic heterocycles. The minimum absolute atomic E-state index is 0.0261. The van der Waals surface area contributed by atoms with Gasteiger partial charge in [0.05, 0.1) is 0 Å². The van der Waals surface area contributed by atoms with Crippen molar-refractivity contribution in [2.24, 2.45) is 17.2 Å². The molecule has 5 nitrogen and oxygen atoms in total. The van der Waals surface area contributed by atoms with Crippen molar-refractivity contribution in [1.29, 1.82) is 0 Å². The van der Waals surface area contributed by atoms with Gasteiger partial charge in [0.2, 0.25) is 0 Å². The highest BCUT2D eigenvalue weighted by molar-refractivity contribution is 6.31. The molecular weight excluding hydrogens is 214 g/mol. The Hall–Kier alpha value is -1.75. The topological polar surface area (TPSA) is 106 Å². The molecule has 0 unspecified atom stereocenters. The molecule has 0 spiro atoms. The average Bonchev–Trinajstić information content (AvgIpc) is 2.10. The molecule has 80 valence electrons. The second-order valence-electron chi connectivity index (χ2n) is 3.08. The third kappa shape index (κ3) is 3.47. The molecule has 0 bridgehead atoms. The van der Waals surface area contributed by atoms with E-state index in [0.717, 1.165) is 11.3 Å². The summed E-state index contributed by atoms with van der Waals surface area (Å²) in [5, 5.41) is 0.664. The van der Waals surface area contributed by atoms with E-state index in [4.69, 9.17) is 28.8 Å². The van der Waals surface area contributed by atoms with E-state index in [0.29, 0.717) is 5.02 Å². The molecule has 0 radical (unpaired) electrons. The third-order valence-electron chi connectivity index (χ3n) is 1.73. The number of hydrogen-bond donors (Lipinski definition) is 5. The van der Waals surface area contributed by atoms with E-state index in [2.05, 4.69) is 9.98 Å². The highest BCUT2D eigenvalue weighted by Crippen LogP contribution is 2.16. The van der Waals surface area contributed by atoms with Gasteiger partial charge in [-0.05, 0) is 18.6 Å². The molecular formula is C9H14ClN5+2. The molecule has 0 fully saturated rings. The molecule has 0 saturated carbocycles. The summed E-state index contributed by atoms with van der Waals surface area (Å²) >= 11 is 5.94. The van der Waals surface area contributed by atoms with E-state index in [1.165, 1.54) is 0 Å². The molecule has 0 aliphatic rings. The number of nitrogens with two attached hydrogens (primary N) is 3. The fourth-order valence-electron chi connectivity index (χ4n) is 1.01. The summed E-state index contributed by atoms with van der Waals surface area (Å²) in [5.74, 6) is 0.271. The lowest BCUT2D eigenvalue weighted by Crippen LogP contribution is -2.96. The number of nitrogens with one attached hydrogen (secondary N) is 2. The van der Waals surface area contributed by atoms with E-state index >= 15 is 0 Å². The predicted octanol–water partition coefficient (Wildman–Crippen LogP) is -2.97. The normalized spacial score (nSPS) is 11.2. The maximum absolute atomic E-state index is 5.94. The maximum Gasteiger partial charge on any atom is 0.522 e. The van der Waals surface area contributed by atoms with Crippen LogP contribution in [0.15, 0.2) is 18.2 Å². The van der Waals surface area contributed by atoms with Crippen LogP contribution in [-0.4, -0.2) is 11.9 Å². The van der Waals surface area contributed by atoms with Crippen molar-refractivity contribution in [2.75, 3.05) is 0 Å². The summed E-state index contributed by atoms with van der Waals surface area (Å²) in [5.41, 5.74) is 17.8. The summed E-state index contributed by atoms with van der Waals surface area (Å²) in [6.07, 6.45) is 0. The van der Waals surface area contributed by atoms with E-state index in [1.807, 2.05) is 19.1 Å². The van der Waals surface area contributed by atoms with E-state index < -0.39 is 0 Å². The Bertz CT molecular complexity index is 421. The summed E-state index contributed by atoms with van der Waals surface area (Å²) in [4.78, 5) is 5.40. The van der Waals surface area contributed by atoms with Crippen molar-refractivity contribution in [1.82, 2.24) is 0 Å². The quantitative estimate of drug-likeness (QED) is 0.261. The zero-order chi connectivity index (χ0) is 11.4. The number of guanidine groups is 2. The zero-order valence-corrected chi connectivity index (χ0v) is 9.10. The van der Waals surface area contributed by atoms with Crippen molar-refractivity contribution in [2.45, 2.75) is 6.92 Å². The van der Waals surface area contributed by atoms with Gasteiger partial charge in [-0.1, -0.05) is 17.7 Å². The van der Waals surface area contributed by atoms with E-state index in [1.54, 1.807) is 6.07 Å². The summed E-state index contributed by atoms with van der Waals surface area (Å²) in [6.45, 7) is 1.92. The van der Waals surface area contributed by atoms with Crippen molar-refractivity contribution in [3.63, 3.8) is 0 Å².